The highest BCUT2D eigenvalue weighted by molar-refractivity contribution is 5.79. The maximum absolute atomic E-state index is 13.6. The van der Waals surface area contributed by atoms with Crippen LogP contribution in [0.4, 0.5) is 4.39 Å². The number of hydrogen-bond donors (Lipinski definition) is 0. The molecule has 0 spiro atoms. The standard InChI is InChI=1S/C17H16FN2O2/c1-19-14-8-3-4-9-15(14)20(11-16(21)22-2)17(19)12-6-5-7-13(18)10-12/h3-10H,11H2,1-2H3/q+1. The number of ether oxygens (including phenoxy) is 1. The molecule has 0 fully saturated rings. The van der Waals surface area contributed by atoms with E-state index in [1.165, 1.54) is 19.2 Å². The highest BCUT2D eigenvalue weighted by Crippen LogP contribution is 2.23. The van der Waals surface area contributed by atoms with Crippen molar-refractivity contribution in [3.63, 3.8) is 0 Å². The van der Waals surface area contributed by atoms with Crippen molar-refractivity contribution in [3.05, 3.63) is 54.3 Å². The molecule has 0 radical (unpaired) electrons. The third-order valence-electron chi connectivity index (χ3n) is 3.70. The van der Waals surface area contributed by atoms with Gasteiger partial charge in [0.2, 0.25) is 0 Å². The van der Waals surface area contributed by atoms with Crippen molar-refractivity contribution in [1.82, 2.24) is 4.57 Å². The molecule has 22 heavy (non-hydrogen) atoms. The summed E-state index contributed by atoms with van der Waals surface area (Å²) in [5, 5.41) is 0. The van der Waals surface area contributed by atoms with Crippen molar-refractivity contribution in [2.24, 2.45) is 7.05 Å². The van der Waals surface area contributed by atoms with Gasteiger partial charge in [-0.05, 0) is 30.3 Å². The zero-order chi connectivity index (χ0) is 15.7. The van der Waals surface area contributed by atoms with Crippen molar-refractivity contribution in [2.75, 3.05) is 7.11 Å². The summed E-state index contributed by atoms with van der Waals surface area (Å²) < 4.78 is 22.2. The number of aryl methyl sites for hydroxylation is 1. The number of nitrogens with zero attached hydrogens (tertiary/aromatic N) is 2. The minimum Gasteiger partial charge on any atom is -0.466 e. The fourth-order valence-corrected chi connectivity index (χ4v) is 2.72. The van der Waals surface area contributed by atoms with E-state index in [-0.39, 0.29) is 18.3 Å². The molecule has 3 rings (SSSR count). The van der Waals surface area contributed by atoms with Gasteiger partial charge in [-0.3, -0.25) is 0 Å². The second-order valence-corrected chi connectivity index (χ2v) is 5.04. The van der Waals surface area contributed by atoms with E-state index < -0.39 is 0 Å². The van der Waals surface area contributed by atoms with E-state index in [0.29, 0.717) is 5.56 Å². The summed E-state index contributed by atoms with van der Waals surface area (Å²) in [4.78, 5) is 11.8. The molecular weight excluding hydrogens is 283 g/mol. The molecule has 4 nitrogen and oxygen atoms in total. The van der Waals surface area contributed by atoms with E-state index in [1.807, 2.05) is 46.5 Å². The molecule has 1 aromatic heterocycles. The number of rotatable bonds is 3. The van der Waals surface area contributed by atoms with Gasteiger partial charge in [-0.1, -0.05) is 18.2 Å². The molecule has 0 aliphatic heterocycles. The number of methoxy groups -OCH3 is 1. The van der Waals surface area contributed by atoms with Crippen LogP contribution in [0, 0.1) is 5.82 Å². The van der Waals surface area contributed by atoms with E-state index in [2.05, 4.69) is 0 Å². The van der Waals surface area contributed by atoms with E-state index >= 15 is 0 Å². The Labute approximate surface area is 127 Å². The average Bonchev–Trinajstić information content (AvgIpc) is 2.80. The first-order valence-corrected chi connectivity index (χ1v) is 6.92. The maximum Gasteiger partial charge on any atom is 0.348 e. The molecular formula is C17H16FN2O2+. The number of aromatic nitrogens is 2. The van der Waals surface area contributed by atoms with Gasteiger partial charge in [0, 0.05) is 0 Å². The number of carbonyl (C=O) groups is 1. The molecule has 0 aliphatic carbocycles. The lowest BCUT2D eigenvalue weighted by Crippen LogP contribution is -2.30. The normalized spacial score (nSPS) is 10.9. The number of hydrogen-bond acceptors (Lipinski definition) is 2. The highest BCUT2D eigenvalue weighted by atomic mass is 19.1. The van der Waals surface area contributed by atoms with Crippen LogP contribution in [-0.4, -0.2) is 17.6 Å². The van der Waals surface area contributed by atoms with Gasteiger partial charge in [0.05, 0.1) is 19.7 Å². The maximum atomic E-state index is 13.6. The number of benzene rings is 2. The van der Waals surface area contributed by atoms with Crippen LogP contribution in [0.2, 0.25) is 0 Å². The Kier molecular flexibility index (Phi) is 3.63. The first-order chi connectivity index (χ1) is 10.6. The van der Waals surface area contributed by atoms with Crippen LogP contribution in [0.5, 0.6) is 0 Å². The Morgan fingerprint density at radius 2 is 2.00 bits per heavy atom. The number of para-hydroxylation sites is 2. The Hall–Kier alpha value is -2.69. The average molecular weight is 299 g/mol. The van der Waals surface area contributed by atoms with Gasteiger partial charge in [-0.25, -0.2) is 18.3 Å². The molecule has 0 N–H and O–H groups in total. The van der Waals surface area contributed by atoms with Crippen molar-refractivity contribution >= 4 is 17.0 Å². The molecule has 0 aliphatic rings. The van der Waals surface area contributed by atoms with Crippen LogP contribution in [0.15, 0.2) is 48.5 Å². The molecule has 0 unspecified atom stereocenters. The lowest BCUT2D eigenvalue weighted by Gasteiger charge is -2.03. The smallest absolute Gasteiger partial charge is 0.348 e. The topological polar surface area (TPSA) is 35.1 Å². The minimum atomic E-state index is -0.348. The molecule has 2 aromatic carbocycles. The van der Waals surface area contributed by atoms with Gasteiger partial charge < -0.3 is 4.74 Å². The van der Waals surface area contributed by atoms with E-state index in [4.69, 9.17) is 4.74 Å². The van der Waals surface area contributed by atoms with Crippen molar-refractivity contribution in [3.8, 4) is 11.4 Å². The Balaban J connectivity index is 2.29. The minimum absolute atomic E-state index is 0.0731. The van der Waals surface area contributed by atoms with Crippen molar-refractivity contribution in [2.45, 2.75) is 6.54 Å². The van der Waals surface area contributed by atoms with Gasteiger partial charge in [0.25, 0.3) is 5.82 Å². The number of esters is 1. The van der Waals surface area contributed by atoms with Crippen LogP contribution in [0.1, 0.15) is 0 Å². The summed E-state index contributed by atoms with van der Waals surface area (Å²) in [7, 11) is 3.26. The first-order valence-electron chi connectivity index (χ1n) is 6.92. The predicted molar refractivity (Wildman–Crippen MR) is 80.5 cm³/mol. The van der Waals surface area contributed by atoms with Gasteiger partial charge in [0.15, 0.2) is 17.6 Å². The fourth-order valence-electron chi connectivity index (χ4n) is 2.72. The fraction of sp³-hybridized carbons (Fsp3) is 0.176. The second-order valence-electron chi connectivity index (χ2n) is 5.04. The molecule has 0 atom stereocenters. The van der Waals surface area contributed by atoms with Crippen molar-refractivity contribution < 1.29 is 18.5 Å². The van der Waals surface area contributed by atoms with E-state index in [0.717, 1.165) is 16.9 Å². The number of halogens is 1. The largest absolute Gasteiger partial charge is 0.466 e. The molecule has 3 aromatic rings. The summed E-state index contributed by atoms with van der Waals surface area (Å²) in [6, 6.07) is 14.1. The van der Waals surface area contributed by atoms with Crippen LogP contribution in [-0.2, 0) is 23.1 Å². The highest BCUT2D eigenvalue weighted by Gasteiger charge is 2.26. The molecule has 0 amide bonds. The number of carbonyl (C=O) groups excluding carboxylic acids is 1. The molecule has 0 bridgehead atoms. The Morgan fingerprint density at radius 3 is 2.73 bits per heavy atom. The lowest BCUT2D eigenvalue weighted by atomic mass is 10.2. The monoisotopic (exact) mass is 299 g/mol. The van der Waals surface area contributed by atoms with E-state index in [1.54, 1.807) is 6.07 Å². The predicted octanol–water partition coefficient (Wildman–Crippen LogP) is 2.44. The van der Waals surface area contributed by atoms with Gasteiger partial charge in [-0.15, -0.1) is 0 Å². The molecule has 112 valence electrons. The molecule has 0 saturated heterocycles. The third-order valence-corrected chi connectivity index (χ3v) is 3.70. The van der Waals surface area contributed by atoms with Gasteiger partial charge in [0.1, 0.15) is 5.82 Å². The Morgan fingerprint density at radius 1 is 1.23 bits per heavy atom. The third kappa shape index (κ3) is 2.35. The van der Waals surface area contributed by atoms with Gasteiger partial charge >= 0.3 is 5.97 Å². The van der Waals surface area contributed by atoms with Crippen LogP contribution < -0.4 is 4.57 Å². The van der Waals surface area contributed by atoms with Crippen LogP contribution in [0.25, 0.3) is 22.4 Å². The summed E-state index contributed by atoms with van der Waals surface area (Å²) in [6.07, 6.45) is 0. The lowest BCUT2D eigenvalue weighted by molar-refractivity contribution is -0.634. The zero-order valence-electron chi connectivity index (χ0n) is 12.4. The van der Waals surface area contributed by atoms with E-state index in [9.17, 15) is 9.18 Å². The summed E-state index contributed by atoms with van der Waals surface area (Å²) in [6.45, 7) is 0.0731. The van der Waals surface area contributed by atoms with Gasteiger partial charge in [-0.2, -0.15) is 0 Å². The zero-order valence-corrected chi connectivity index (χ0v) is 12.4. The second kappa shape index (κ2) is 5.60. The SMILES string of the molecule is COC(=O)Cn1c(-c2cccc(F)c2)[n+](C)c2ccccc21. The Bertz CT molecular complexity index is 855. The quantitative estimate of drug-likeness (QED) is 0.550. The number of fused-ring (bicyclic) bond motifs is 1. The molecule has 5 heteroatoms. The van der Waals surface area contributed by atoms with Crippen LogP contribution >= 0.6 is 0 Å². The number of imidazole rings is 1. The molecule has 1 heterocycles. The van der Waals surface area contributed by atoms with Crippen molar-refractivity contribution in [1.29, 1.82) is 0 Å². The molecule has 0 saturated carbocycles. The summed E-state index contributed by atoms with van der Waals surface area (Å²) >= 11 is 0. The first kappa shape index (κ1) is 14.3. The summed E-state index contributed by atoms with van der Waals surface area (Å²) in [5.41, 5.74) is 2.57. The summed E-state index contributed by atoms with van der Waals surface area (Å²) in [5.74, 6) is 0.0949. The van der Waals surface area contributed by atoms with Crippen LogP contribution in [0.3, 0.4) is 0 Å².